The van der Waals surface area contributed by atoms with Crippen LogP contribution >= 0.6 is 0 Å². The van der Waals surface area contributed by atoms with E-state index in [-0.39, 0.29) is 0 Å². The maximum absolute atomic E-state index is 5.57. The molecule has 0 aromatic carbocycles. The number of aromatic nitrogens is 1. The van der Waals surface area contributed by atoms with Crippen LogP contribution in [0.25, 0.3) is 0 Å². The lowest BCUT2D eigenvalue weighted by Crippen LogP contribution is -2.17. The average molecular weight is 245 g/mol. The summed E-state index contributed by atoms with van der Waals surface area (Å²) < 4.78 is 5.57. The van der Waals surface area contributed by atoms with Crippen LogP contribution in [0.4, 0.5) is 11.6 Å². The molecule has 96 valence electrons. The second-order valence-electron chi connectivity index (χ2n) is 4.28. The van der Waals surface area contributed by atoms with Gasteiger partial charge in [0.15, 0.2) is 0 Å². The first-order valence-corrected chi connectivity index (χ1v) is 6.16. The van der Waals surface area contributed by atoms with Crippen molar-refractivity contribution in [2.75, 3.05) is 23.8 Å². The number of nitrogens with zero attached hydrogens (tertiary/aromatic N) is 2. The highest BCUT2D eigenvalue weighted by atomic mass is 16.3. The van der Waals surface area contributed by atoms with Gasteiger partial charge in [0.25, 0.3) is 0 Å². The minimum absolute atomic E-state index is 0.719. The second-order valence-corrected chi connectivity index (χ2v) is 4.28. The molecule has 0 saturated carbocycles. The fourth-order valence-electron chi connectivity index (χ4n) is 1.80. The summed E-state index contributed by atoms with van der Waals surface area (Å²) in [6.45, 7) is 5.60. The van der Waals surface area contributed by atoms with Gasteiger partial charge in [-0.2, -0.15) is 0 Å². The van der Waals surface area contributed by atoms with Crippen molar-refractivity contribution in [3.63, 3.8) is 0 Å². The maximum Gasteiger partial charge on any atom is 0.131 e. The number of aryl methyl sites for hydroxylation is 1. The second kappa shape index (κ2) is 5.58. The van der Waals surface area contributed by atoms with E-state index in [0.29, 0.717) is 0 Å². The molecule has 0 bridgehead atoms. The smallest absolute Gasteiger partial charge is 0.131 e. The van der Waals surface area contributed by atoms with Crippen molar-refractivity contribution in [1.82, 2.24) is 4.98 Å². The molecule has 2 heterocycles. The molecule has 2 aromatic heterocycles. The van der Waals surface area contributed by atoms with E-state index in [9.17, 15) is 0 Å². The molecule has 0 atom stereocenters. The number of furan rings is 1. The van der Waals surface area contributed by atoms with Gasteiger partial charge in [-0.3, -0.25) is 0 Å². The van der Waals surface area contributed by atoms with Crippen LogP contribution in [0, 0.1) is 6.92 Å². The van der Waals surface area contributed by atoms with Gasteiger partial charge in [0, 0.05) is 13.6 Å². The lowest BCUT2D eigenvalue weighted by atomic mass is 10.3. The maximum atomic E-state index is 5.57. The largest absolute Gasteiger partial charge is 0.464 e. The topological polar surface area (TPSA) is 41.3 Å². The summed E-state index contributed by atoms with van der Waals surface area (Å²) in [4.78, 5) is 6.61. The molecule has 0 unspecified atom stereocenters. The van der Waals surface area contributed by atoms with Gasteiger partial charge >= 0.3 is 0 Å². The summed E-state index contributed by atoms with van der Waals surface area (Å²) in [7, 11) is 2.01. The number of hydrogen-bond donors (Lipinski definition) is 1. The third-order valence-electron chi connectivity index (χ3n) is 2.67. The van der Waals surface area contributed by atoms with E-state index < -0.39 is 0 Å². The zero-order chi connectivity index (χ0) is 13.0. The quantitative estimate of drug-likeness (QED) is 0.879. The highest BCUT2D eigenvalue weighted by Gasteiger charge is 2.06. The molecule has 0 saturated heterocycles. The van der Waals surface area contributed by atoms with E-state index in [2.05, 4.69) is 22.1 Å². The Bertz CT molecular complexity index is 507. The monoisotopic (exact) mass is 245 g/mol. The van der Waals surface area contributed by atoms with Gasteiger partial charge in [-0.1, -0.05) is 6.07 Å². The van der Waals surface area contributed by atoms with Crippen LogP contribution in [0.3, 0.4) is 0 Å². The van der Waals surface area contributed by atoms with E-state index in [1.54, 1.807) is 0 Å². The first-order valence-electron chi connectivity index (χ1n) is 6.16. The normalized spacial score (nSPS) is 10.4. The van der Waals surface area contributed by atoms with Gasteiger partial charge in [0.1, 0.15) is 23.2 Å². The van der Waals surface area contributed by atoms with Crippen molar-refractivity contribution in [2.24, 2.45) is 0 Å². The molecule has 0 fully saturated rings. The summed E-state index contributed by atoms with van der Waals surface area (Å²) in [6.07, 6.45) is 0. The molecule has 4 nitrogen and oxygen atoms in total. The number of nitrogens with one attached hydrogen (secondary N) is 1. The minimum Gasteiger partial charge on any atom is -0.464 e. The van der Waals surface area contributed by atoms with Crippen molar-refractivity contribution in [2.45, 2.75) is 20.4 Å². The lowest BCUT2D eigenvalue weighted by Gasteiger charge is -2.17. The molecule has 0 aliphatic carbocycles. The zero-order valence-corrected chi connectivity index (χ0v) is 11.1. The third-order valence-corrected chi connectivity index (χ3v) is 2.67. The summed E-state index contributed by atoms with van der Waals surface area (Å²) in [5.74, 6) is 3.72. The van der Waals surface area contributed by atoms with Gasteiger partial charge < -0.3 is 14.6 Å². The molecular formula is C14H19N3O. The highest BCUT2D eigenvalue weighted by Crippen LogP contribution is 2.16. The number of hydrogen-bond acceptors (Lipinski definition) is 4. The van der Waals surface area contributed by atoms with Crippen molar-refractivity contribution in [3.05, 3.63) is 41.9 Å². The van der Waals surface area contributed by atoms with E-state index in [0.717, 1.165) is 36.2 Å². The molecule has 0 aliphatic rings. The van der Waals surface area contributed by atoms with E-state index >= 15 is 0 Å². The Morgan fingerprint density at radius 3 is 2.78 bits per heavy atom. The van der Waals surface area contributed by atoms with Crippen molar-refractivity contribution < 1.29 is 4.42 Å². The molecule has 2 aromatic rings. The van der Waals surface area contributed by atoms with Crippen LogP contribution in [0.2, 0.25) is 0 Å². The molecule has 0 radical (unpaired) electrons. The first-order chi connectivity index (χ1) is 8.69. The van der Waals surface area contributed by atoms with E-state index in [1.807, 2.05) is 44.3 Å². The zero-order valence-electron chi connectivity index (χ0n) is 11.1. The van der Waals surface area contributed by atoms with Gasteiger partial charge in [-0.15, -0.1) is 0 Å². The Kier molecular flexibility index (Phi) is 3.87. The van der Waals surface area contributed by atoms with Gasteiger partial charge in [0.05, 0.1) is 6.54 Å². The van der Waals surface area contributed by atoms with Gasteiger partial charge in [-0.05, 0) is 38.1 Å². The Hall–Kier alpha value is -1.97. The summed E-state index contributed by atoms with van der Waals surface area (Å²) in [6, 6.07) is 9.95. The SMILES string of the molecule is CCNc1cccc(N(C)Cc2ccc(C)o2)n1. The van der Waals surface area contributed by atoms with Crippen LogP contribution in [0.15, 0.2) is 34.7 Å². The molecule has 0 spiro atoms. The van der Waals surface area contributed by atoms with Crippen molar-refractivity contribution in [3.8, 4) is 0 Å². The predicted octanol–water partition coefficient (Wildman–Crippen LogP) is 3.05. The Morgan fingerprint density at radius 2 is 2.11 bits per heavy atom. The molecule has 2 rings (SSSR count). The number of pyridine rings is 1. The van der Waals surface area contributed by atoms with Crippen molar-refractivity contribution in [1.29, 1.82) is 0 Å². The van der Waals surface area contributed by atoms with Crippen LogP contribution in [0.5, 0.6) is 0 Å². The van der Waals surface area contributed by atoms with Crippen LogP contribution < -0.4 is 10.2 Å². The summed E-state index contributed by atoms with van der Waals surface area (Å²) in [5, 5.41) is 3.21. The Labute approximate surface area is 108 Å². The molecule has 0 amide bonds. The number of rotatable bonds is 5. The van der Waals surface area contributed by atoms with Crippen molar-refractivity contribution >= 4 is 11.6 Å². The summed E-state index contributed by atoms with van der Waals surface area (Å²) >= 11 is 0. The van der Waals surface area contributed by atoms with Crippen LogP contribution in [0.1, 0.15) is 18.4 Å². The van der Waals surface area contributed by atoms with Gasteiger partial charge in [-0.25, -0.2) is 4.98 Å². The predicted molar refractivity (Wildman–Crippen MR) is 74.0 cm³/mol. The standard InChI is InChI=1S/C14H19N3O/c1-4-15-13-6-5-7-14(16-13)17(3)10-12-9-8-11(2)18-12/h5-9H,4,10H2,1-3H3,(H,15,16). The number of anilines is 2. The van der Waals surface area contributed by atoms with E-state index in [1.165, 1.54) is 0 Å². The van der Waals surface area contributed by atoms with E-state index in [4.69, 9.17) is 4.42 Å². The lowest BCUT2D eigenvalue weighted by molar-refractivity contribution is 0.481. The molecular weight excluding hydrogens is 226 g/mol. The minimum atomic E-state index is 0.719. The molecule has 18 heavy (non-hydrogen) atoms. The fraction of sp³-hybridized carbons (Fsp3) is 0.357. The average Bonchev–Trinajstić information content (AvgIpc) is 2.75. The molecule has 4 heteroatoms. The third kappa shape index (κ3) is 3.03. The molecule has 1 N–H and O–H groups in total. The van der Waals surface area contributed by atoms with Crippen LogP contribution in [-0.4, -0.2) is 18.6 Å². The molecule has 0 aliphatic heterocycles. The highest BCUT2D eigenvalue weighted by molar-refractivity contribution is 5.46. The fourth-order valence-corrected chi connectivity index (χ4v) is 1.80. The first kappa shape index (κ1) is 12.5. The van der Waals surface area contributed by atoms with Crippen LogP contribution in [-0.2, 0) is 6.54 Å². The summed E-state index contributed by atoms with van der Waals surface area (Å²) in [5.41, 5.74) is 0. The Morgan fingerprint density at radius 1 is 1.28 bits per heavy atom. The Balaban J connectivity index is 2.08. The van der Waals surface area contributed by atoms with Gasteiger partial charge in [0.2, 0.25) is 0 Å².